The number of benzene rings is 2. The maximum absolute atomic E-state index is 13.8. The Bertz CT molecular complexity index is 1560. The number of amides is 2. The second-order valence-corrected chi connectivity index (χ2v) is 10.4. The summed E-state index contributed by atoms with van der Waals surface area (Å²) >= 11 is 0. The monoisotopic (exact) mass is 521 g/mol. The van der Waals surface area contributed by atoms with Gasteiger partial charge < -0.3 is 9.84 Å². The van der Waals surface area contributed by atoms with E-state index in [1.54, 1.807) is 43.3 Å². The van der Waals surface area contributed by atoms with Crippen molar-refractivity contribution >= 4 is 35.1 Å². The van der Waals surface area contributed by atoms with Crippen molar-refractivity contribution in [2.24, 2.45) is 23.7 Å². The highest BCUT2D eigenvalue weighted by molar-refractivity contribution is 6.24. The summed E-state index contributed by atoms with van der Waals surface area (Å²) in [6, 6.07) is 13.8. The van der Waals surface area contributed by atoms with E-state index in [-0.39, 0.29) is 41.5 Å². The van der Waals surface area contributed by atoms with E-state index in [9.17, 15) is 24.3 Å². The Morgan fingerprint density at radius 3 is 2.51 bits per heavy atom. The number of para-hydroxylation sites is 1. The number of methoxy groups -OCH3 is 1. The summed E-state index contributed by atoms with van der Waals surface area (Å²) in [7, 11) is 1.47. The average molecular weight is 522 g/mol. The lowest BCUT2D eigenvalue weighted by Crippen LogP contribution is -2.40. The van der Waals surface area contributed by atoms with Crippen molar-refractivity contribution in [3.05, 3.63) is 94.6 Å². The third kappa shape index (κ3) is 3.88. The summed E-state index contributed by atoms with van der Waals surface area (Å²) < 4.78 is 5.22. The van der Waals surface area contributed by atoms with Gasteiger partial charge in [-0.1, -0.05) is 48.1 Å². The molecule has 1 fully saturated rings. The first-order valence-corrected chi connectivity index (χ1v) is 13.0. The molecule has 1 N–H and O–H groups in total. The molecule has 4 atom stereocenters. The second-order valence-electron chi connectivity index (χ2n) is 10.4. The average Bonchev–Trinajstić information content (AvgIpc) is 3.20. The molecule has 0 saturated carbocycles. The Labute approximate surface area is 225 Å². The molecule has 2 aromatic carbocycles. The highest BCUT2D eigenvalue weighted by Crippen LogP contribution is 2.53. The van der Waals surface area contributed by atoms with Crippen LogP contribution in [0, 0.1) is 23.7 Å². The number of ether oxygens (including phenoxy) is 1. The number of Topliss-reactive ketones (excluding diaryl/α,β-unsaturated/α-hetero) is 1. The van der Waals surface area contributed by atoms with Crippen molar-refractivity contribution in [3.8, 4) is 11.5 Å². The van der Waals surface area contributed by atoms with Crippen LogP contribution >= 0.6 is 0 Å². The Morgan fingerprint density at radius 2 is 1.77 bits per heavy atom. The molecular formula is C32H27NO6. The number of carbonyl (C=O) groups excluding carboxylic acids is 4. The van der Waals surface area contributed by atoms with Gasteiger partial charge in [-0.15, -0.1) is 0 Å². The van der Waals surface area contributed by atoms with Crippen molar-refractivity contribution in [1.29, 1.82) is 0 Å². The van der Waals surface area contributed by atoms with E-state index in [0.29, 0.717) is 34.6 Å². The highest BCUT2D eigenvalue weighted by atomic mass is 16.5. The van der Waals surface area contributed by atoms with Gasteiger partial charge in [0.15, 0.2) is 23.1 Å². The molecule has 4 aliphatic rings. The maximum atomic E-state index is 13.8. The van der Waals surface area contributed by atoms with E-state index in [0.717, 1.165) is 11.1 Å². The molecule has 0 aromatic heterocycles. The minimum absolute atomic E-state index is 0.0134. The molecule has 1 saturated heterocycles. The molecule has 6 rings (SSSR count). The zero-order chi connectivity index (χ0) is 27.4. The van der Waals surface area contributed by atoms with E-state index < -0.39 is 17.8 Å². The number of phenols is 1. The van der Waals surface area contributed by atoms with Crippen LogP contribution < -0.4 is 9.64 Å². The largest absolute Gasteiger partial charge is 0.504 e. The Hall–Kier alpha value is -4.52. The number of anilines is 1. The summed E-state index contributed by atoms with van der Waals surface area (Å²) in [6.07, 6.45) is 7.71. The van der Waals surface area contributed by atoms with Crippen LogP contribution in [0.5, 0.6) is 11.5 Å². The van der Waals surface area contributed by atoms with Gasteiger partial charge in [-0.05, 0) is 61.6 Å². The Balaban J connectivity index is 1.43. The fraction of sp³-hybridized carbons (Fsp3) is 0.250. The predicted molar refractivity (Wildman–Crippen MR) is 145 cm³/mol. The van der Waals surface area contributed by atoms with Gasteiger partial charge in [0.2, 0.25) is 11.8 Å². The second kappa shape index (κ2) is 9.34. The van der Waals surface area contributed by atoms with Crippen molar-refractivity contribution in [2.75, 3.05) is 12.0 Å². The normalized spacial score (nSPS) is 26.4. The summed E-state index contributed by atoms with van der Waals surface area (Å²) in [5, 5.41) is 9.97. The number of imide groups is 1. The van der Waals surface area contributed by atoms with Crippen molar-refractivity contribution in [1.82, 2.24) is 0 Å². The zero-order valence-corrected chi connectivity index (χ0v) is 21.6. The number of hydrogen-bond donors (Lipinski definition) is 1. The number of phenolic OH excluding ortho intramolecular Hbond substituents is 1. The molecule has 0 unspecified atom stereocenters. The molecule has 39 heavy (non-hydrogen) atoms. The molecule has 7 nitrogen and oxygen atoms in total. The number of fused-ring (bicyclic) bond motifs is 3. The minimum Gasteiger partial charge on any atom is -0.504 e. The minimum atomic E-state index is -0.606. The van der Waals surface area contributed by atoms with Crippen LogP contribution in [0.15, 0.2) is 89.1 Å². The van der Waals surface area contributed by atoms with E-state index in [2.05, 4.69) is 0 Å². The van der Waals surface area contributed by atoms with E-state index >= 15 is 0 Å². The lowest BCUT2D eigenvalue weighted by atomic mass is 9.60. The van der Waals surface area contributed by atoms with Crippen LogP contribution in [0.4, 0.5) is 5.69 Å². The summed E-state index contributed by atoms with van der Waals surface area (Å²) in [5.74, 6) is -2.56. The lowest BCUT2D eigenvalue weighted by molar-refractivity contribution is -0.123. The van der Waals surface area contributed by atoms with Gasteiger partial charge in [-0.2, -0.15) is 0 Å². The molecule has 196 valence electrons. The maximum Gasteiger partial charge on any atom is 0.238 e. The first-order chi connectivity index (χ1) is 18.8. The molecule has 0 spiro atoms. The highest BCUT2D eigenvalue weighted by Gasteiger charge is 2.56. The fourth-order valence-electron chi connectivity index (χ4n) is 6.50. The lowest BCUT2D eigenvalue weighted by Gasteiger charge is -2.41. The molecule has 1 aliphatic heterocycles. The standard InChI is InChI=1S/C32H27NO6/c1-17-14-26(35)28-21(10-8-18-9-13-25(34)27(15-18)39-2)20-11-12-22-29(23(20)16-24(28)30(17)36)32(38)33(31(22)37)19-6-4-3-5-7-19/h3-11,13-15,21-23,29,34H,12,16H2,1-2H3/t21-,22-,23+,29-/m0/s1. The molecule has 2 amide bonds. The smallest absolute Gasteiger partial charge is 0.238 e. The number of hydrogen-bond acceptors (Lipinski definition) is 6. The van der Waals surface area contributed by atoms with Gasteiger partial charge >= 0.3 is 0 Å². The van der Waals surface area contributed by atoms with Crippen LogP contribution in [0.1, 0.15) is 25.3 Å². The van der Waals surface area contributed by atoms with E-state index in [1.165, 1.54) is 24.2 Å². The molecule has 2 aromatic rings. The van der Waals surface area contributed by atoms with Crippen LogP contribution in [-0.2, 0) is 19.2 Å². The van der Waals surface area contributed by atoms with Gasteiger partial charge in [-0.3, -0.25) is 24.1 Å². The molecule has 1 heterocycles. The van der Waals surface area contributed by atoms with Crippen LogP contribution in [0.3, 0.4) is 0 Å². The third-order valence-corrected chi connectivity index (χ3v) is 8.31. The van der Waals surface area contributed by atoms with E-state index in [4.69, 9.17) is 4.74 Å². The number of rotatable bonds is 4. The van der Waals surface area contributed by atoms with Gasteiger partial charge in [-0.25, -0.2) is 0 Å². The third-order valence-electron chi connectivity index (χ3n) is 8.31. The summed E-state index contributed by atoms with van der Waals surface area (Å²) in [6.45, 7) is 1.63. The van der Waals surface area contributed by atoms with Gasteiger partial charge in [0.05, 0.1) is 24.6 Å². The summed E-state index contributed by atoms with van der Waals surface area (Å²) in [4.78, 5) is 55.1. The molecular weight excluding hydrogens is 494 g/mol. The Kier molecular flexibility index (Phi) is 5.94. The molecule has 0 bridgehead atoms. The first kappa shape index (κ1) is 24.8. The number of ketones is 2. The van der Waals surface area contributed by atoms with Gasteiger partial charge in [0, 0.05) is 22.6 Å². The predicted octanol–water partition coefficient (Wildman–Crippen LogP) is 4.58. The molecule has 7 heteroatoms. The molecule has 3 aliphatic carbocycles. The zero-order valence-electron chi connectivity index (χ0n) is 21.6. The summed E-state index contributed by atoms with van der Waals surface area (Å²) in [5.41, 5.74) is 3.42. The van der Waals surface area contributed by atoms with Crippen LogP contribution in [-0.4, -0.2) is 35.6 Å². The number of carbonyl (C=O) groups is 4. The van der Waals surface area contributed by atoms with Crippen molar-refractivity contribution in [3.63, 3.8) is 0 Å². The number of allylic oxidation sites excluding steroid dienone is 7. The topological polar surface area (TPSA) is 101 Å². The Morgan fingerprint density at radius 1 is 1.00 bits per heavy atom. The van der Waals surface area contributed by atoms with E-state index in [1.807, 2.05) is 24.3 Å². The van der Waals surface area contributed by atoms with Gasteiger partial charge in [0.25, 0.3) is 0 Å². The fourth-order valence-corrected chi connectivity index (χ4v) is 6.50. The van der Waals surface area contributed by atoms with Gasteiger partial charge in [0.1, 0.15) is 0 Å². The molecule has 0 radical (unpaired) electrons. The van der Waals surface area contributed by atoms with Crippen LogP contribution in [0.25, 0.3) is 6.08 Å². The quantitative estimate of drug-likeness (QED) is 0.359. The van der Waals surface area contributed by atoms with Crippen LogP contribution in [0.2, 0.25) is 0 Å². The number of aromatic hydroxyl groups is 1. The van der Waals surface area contributed by atoms with Crippen molar-refractivity contribution in [2.45, 2.75) is 19.8 Å². The first-order valence-electron chi connectivity index (χ1n) is 13.0. The SMILES string of the molecule is COc1cc(C=C[C@H]2C3=CC[C@@H]4C(=O)N(c5ccccc5)C(=O)[C@@H]4[C@@H]3CC3=C2C(=O)C=C(C)C3=O)ccc1O. The number of nitrogens with zero attached hydrogens (tertiary/aromatic N) is 1. The van der Waals surface area contributed by atoms with Crippen molar-refractivity contribution < 1.29 is 29.0 Å².